The van der Waals surface area contributed by atoms with E-state index >= 15 is 0 Å². The summed E-state index contributed by atoms with van der Waals surface area (Å²) in [6.45, 7) is 4.89. The van der Waals surface area contributed by atoms with Crippen LogP contribution in [0.1, 0.15) is 393 Å². The smallest absolute Gasteiger partial charge is 0.305 e. The predicted molar refractivity (Wildman–Crippen MR) is 338 cm³/mol. The number of esters is 1. The normalized spacial score (nSPS) is 12.6. The number of hydrogen-bond donors (Lipinski definition) is 3. The molecule has 2 atom stereocenters. The number of unbranched alkanes of at least 4 members (excludes halogenated alkanes) is 51. The van der Waals surface area contributed by atoms with Crippen LogP contribution in [-0.2, 0) is 14.3 Å². The third-order valence-corrected chi connectivity index (χ3v) is 16.5. The third kappa shape index (κ3) is 63.4. The second kappa shape index (κ2) is 66.8. The summed E-state index contributed by atoms with van der Waals surface area (Å²) in [5, 5.41) is 23.4. The lowest BCUT2D eigenvalue weighted by Gasteiger charge is -2.22. The molecule has 456 valence electrons. The number of allylic oxidation sites excluding steroid dienone is 3. The Morgan fingerprint density at radius 1 is 0.364 bits per heavy atom. The summed E-state index contributed by atoms with van der Waals surface area (Å²) in [5.41, 5.74) is 0. The monoisotopic (exact) mass is 1080 g/mol. The van der Waals surface area contributed by atoms with E-state index in [0.29, 0.717) is 25.9 Å². The summed E-state index contributed by atoms with van der Waals surface area (Å²) in [6.07, 6.45) is 83.8. The molecule has 0 aliphatic heterocycles. The van der Waals surface area contributed by atoms with Gasteiger partial charge in [-0.1, -0.05) is 359 Å². The van der Waals surface area contributed by atoms with E-state index in [9.17, 15) is 19.8 Å². The van der Waals surface area contributed by atoms with Gasteiger partial charge in [0.25, 0.3) is 0 Å². The van der Waals surface area contributed by atoms with Crippen molar-refractivity contribution in [2.24, 2.45) is 0 Å². The molecule has 0 spiro atoms. The summed E-state index contributed by atoms with van der Waals surface area (Å²) < 4.78 is 5.43. The first kappa shape index (κ1) is 75.3. The van der Waals surface area contributed by atoms with Crippen LogP contribution in [0.4, 0.5) is 0 Å². The topological polar surface area (TPSA) is 95.9 Å². The number of ether oxygens (including phenoxy) is 1. The summed E-state index contributed by atoms with van der Waals surface area (Å²) in [6, 6.07) is -0.547. The van der Waals surface area contributed by atoms with E-state index in [-0.39, 0.29) is 18.5 Å². The Balaban J connectivity index is 3.43. The molecule has 0 rings (SSSR count). The number of aliphatic hydroxyl groups excluding tert-OH is 2. The van der Waals surface area contributed by atoms with Gasteiger partial charge in [-0.3, -0.25) is 9.59 Å². The van der Waals surface area contributed by atoms with Gasteiger partial charge in [-0.2, -0.15) is 0 Å². The molecule has 0 bridgehead atoms. The molecule has 0 radical (unpaired) electrons. The van der Waals surface area contributed by atoms with E-state index in [2.05, 4.69) is 43.5 Å². The molecule has 3 N–H and O–H groups in total. The Labute approximate surface area is 481 Å². The molecule has 0 aromatic carbocycles. The first-order valence-corrected chi connectivity index (χ1v) is 35.1. The standard InChI is InChI=1S/C71H137NO5/c1-3-5-7-9-11-13-15-17-19-20-21-22-23-24-26-29-32-36-39-43-47-51-55-59-63-69(74)68(67-73)72-70(75)64-60-56-52-48-44-40-37-33-30-27-25-28-31-34-38-42-46-50-54-58-62-66-77-71(76)65-61-57-53-49-45-41-35-18-16-14-12-10-8-6-4-2/h42,46,54,58,68-69,73-74H,3-41,43-45,47-53,55-57,59-67H2,1-2H3,(H,72,75)/b46-42-,58-54-. The first-order valence-electron chi connectivity index (χ1n) is 35.1. The molecule has 6 nitrogen and oxygen atoms in total. The quantitative estimate of drug-likeness (QED) is 0.0320. The van der Waals surface area contributed by atoms with Crippen molar-refractivity contribution in [1.29, 1.82) is 0 Å². The van der Waals surface area contributed by atoms with E-state index in [4.69, 9.17) is 4.74 Å². The van der Waals surface area contributed by atoms with Gasteiger partial charge in [0.05, 0.1) is 25.4 Å². The minimum Gasteiger partial charge on any atom is -0.465 e. The molecular weight excluding hydrogens is 947 g/mol. The summed E-state index contributed by atoms with van der Waals surface area (Å²) in [7, 11) is 0. The van der Waals surface area contributed by atoms with Crippen molar-refractivity contribution in [2.45, 2.75) is 405 Å². The Morgan fingerprint density at radius 2 is 0.649 bits per heavy atom. The van der Waals surface area contributed by atoms with Crippen molar-refractivity contribution in [3.63, 3.8) is 0 Å². The van der Waals surface area contributed by atoms with Gasteiger partial charge in [-0.25, -0.2) is 0 Å². The average molecular weight is 1080 g/mol. The average Bonchev–Trinajstić information content (AvgIpc) is 3.43. The van der Waals surface area contributed by atoms with Crippen LogP contribution in [0.3, 0.4) is 0 Å². The van der Waals surface area contributed by atoms with Crippen molar-refractivity contribution in [3.8, 4) is 0 Å². The van der Waals surface area contributed by atoms with Crippen molar-refractivity contribution >= 4 is 11.9 Å². The first-order chi connectivity index (χ1) is 38.0. The molecule has 0 heterocycles. The fourth-order valence-electron chi connectivity index (χ4n) is 11.2. The van der Waals surface area contributed by atoms with E-state index in [1.807, 2.05) is 0 Å². The summed E-state index contributed by atoms with van der Waals surface area (Å²) in [4.78, 5) is 24.6. The van der Waals surface area contributed by atoms with Crippen molar-refractivity contribution in [3.05, 3.63) is 24.3 Å². The van der Waals surface area contributed by atoms with Crippen LogP contribution in [0, 0.1) is 0 Å². The van der Waals surface area contributed by atoms with Crippen LogP contribution in [0.2, 0.25) is 0 Å². The summed E-state index contributed by atoms with van der Waals surface area (Å²) >= 11 is 0. The Hall–Kier alpha value is -1.66. The minimum atomic E-state index is -0.669. The highest BCUT2D eigenvalue weighted by atomic mass is 16.5. The molecule has 0 saturated heterocycles. The molecule has 0 aliphatic rings. The fraction of sp³-hybridized carbons (Fsp3) is 0.915. The highest BCUT2D eigenvalue weighted by Crippen LogP contribution is 2.19. The predicted octanol–water partition coefficient (Wildman–Crippen LogP) is 22.5. The van der Waals surface area contributed by atoms with Gasteiger partial charge < -0.3 is 20.3 Å². The number of carbonyl (C=O) groups excluding carboxylic acids is 2. The number of amides is 1. The maximum Gasteiger partial charge on any atom is 0.305 e. The van der Waals surface area contributed by atoms with Gasteiger partial charge in [0.2, 0.25) is 5.91 Å². The Morgan fingerprint density at radius 3 is 0.987 bits per heavy atom. The molecular formula is C71H137NO5. The SMILES string of the molecule is CCCCCCCCCCCCCCCCCCCCCCCCCCC(O)C(CO)NC(=O)CCCCCCCCCCCCCCCC/C=C\C/C=C\CCOC(=O)CCCCCCCCCCCCCCCCC. The lowest BCUT2D eigenvalue weighted by molar-refractivity contribution is -0.143. The van der Waals surface area contributed by atoms with Crippen LogP contribution < -0.4 is 5.32 Å². The van der Waals surface area contributed by atoms with Gasteiger partial charge in [0.1, 0.15) is 0 Å². The van der Waals surface area contributed by atoms with Gasteiger partial charge in [-0.05, 0) is 44.9 Å². The lowest BCUT2D eigenvalue weighted by atomic mass is 10.0. The fourth-order valence-corrected chi connectivity index (χ4v) is 11.2. The van der Waals surface area contributed by atoms with Gasteiger partial charge >= 0.3 is 5.97 Å². The third-order valence-electron chi connectivity index (χ3n) is 16.5. The zero-order valence-corrected chi connectivity index (χ0v) is 52.2. The molecule has 1 amide bonds. The molecule has 0 fully saturated rings. The van der Waals surface area contributed by atoms with Gasteiger partial charge in [0.15, 0.2) is 0 Å². The van der Waals surface area contributed by atoms with Crippen LogP contribution in [0.25, 0.3) is 0 Å². The van der Waals surface area contributed by atoms with Crippen LogP contribution in [0.15, 0.2) is 24.3 Å². The molecule has 0 aromatic rings. The highest BCUT2D eigenvalue weighted by Gasteiger charge is 2.20. The Bertz CT molecular complexity index is 1200. The molecule has 0 aromatic heterocycles. The largest absolute Gasteiger partial charge is 0.465 e. The number of rotatable bonds is 66. The van der Waals surface area contributed by atoms with E-state index in [1.54, 1.807) is 0 Å². The van der Waals surface area contributed by atoms with Crippen molar-refractivity contribution in [2.75, 3.05) is 13.2 Å². The second-order valence-electron chi connectivity index (χ2n) is 24.2. The minimum absolute atomic E-state index is 0.0312. The lowest BCUT2D eigenvalue weighted by Crippen LogP contribution is -2.45. The number of aliphatic hydroxyl groups is 2. The number of carbonyl (C=O) groups is 2. The molecule has 77 heavy (non-hydrogen) atoms. The molecule has 2 unspecified atom stereocenters. The van der Waals surface area contributed by atoms with E-state index < -0.39 is 12.1 Å². The maximum atomic E-state index is 12.6. The molecule has 0 saturated carbocycles. The second-order valence-corrected chi connectivity index (χ2v) is 24.2. The number of hydrogen-bond acceptors (Lipinski definition) is 5. The molecule has 6 heteroatoms. The van der Waals surface area contributed by atoms with Crippen molar-refractivity contribution < 1.29 is 24.5 Å². The van der Waals surface area contributed by atoms with Gasteiger partial charge in [0, 0.05) is 12.8 Å². The van der Waals surface area contributed by atoms with E-state index in [0.717, 1.165) is 51.4 Å². The molecule has 0 aliphatic carbocycles. The zero-order valence-electron chi connectivity index (χ0n) is 52.2. The maximum absolute atomic E-state index is 12.6. The van der Waals surface area contributed by atoms with Crippen LogP contribution >= 0.6 is 0 Å². The van der Waals surface area contributed by atoms with Gasteiger partial charge in [-0.15, -0.1) is 0 Å². The van der Waals surface area contributed by atoms with Crippen molar-refractivity contribution in [1.82, 2.24) is 5.32 Å². The zero-order chi connectivity index (χ0) is 55.7. The van der Waals surface area contributed by atoms with Crippen LogP contribution in [-0.4, -0.2) is 47.4 Å². The number of nitrogens with one attached hydrogen (secondary N) is 1. The highest BCUT2D eigenvalue weighted by molar-refractivity contribution is 5.76. The van der Waals surface area contributed by atoms with E-state index in [1.165, 1.54) is 308 Å². The summed E-state index contributed by atoms with van der Waals surface area (Å²) in [5.74, 6) is -0.0662. The van der Waals surface area contributed by atoms with Crippen LogP contribution in [0.5, 0.6) is 0 Å². The Kier molecular flexibility index (Phi) is 65.4.